The van der Waals surface area contributed by atoms with Crippen LogP contribution < -0.4 is 5.73 Å². The van der Waals surface area contributed by atoms with Crippen LogP contribution >= 0.6 is 0 Å². The third-order valence-electron chi connectivity index (χ3n) is 8.57. The van der Waals surface area contributed by atoms with Gasteiger partial charge in [-0.2, -0.15) is 0 Å². The fraction of sp³-hybridized carbons (Fsp3) is 0.552. The number of hydrogen-bond donors (Lipinski definition) is 1. The van der Waals surface area contributed by atoms with Crippen LogP contribution in [0.15, 0.2) is 58.2 Å². The van der Waals surface area contributed by atoms with Crippen molar-refractivity contribution in [2.24, 2.45) is 23.2 Å². The first-order valence-corrected chi connectivity index (χ1v) is 15.3. The van der Waals surface area contributed by atoms with Gasteiger partial charge < -0.3 is 10.5 Å². The number of allylic oxidation sites excluding steroid dienone is 3. The fourth-order valence-corrected chi connectivity index (χ4v) is 7.83. The van der Waals surface area contributed by atoms with Crippen molar-refractivity contribution in [3.63, 3.8) is 0 Å². The molecule has 10 nitrogen and oxygen atoms in total. The number of pyridine rings is 1. The maximum Gasteiger partial charge on any atom is 0.254 e. The molecule has 3 heterocycles. The number of ketones is 1. The highest BCUT2D eigenvalue weighted by molar-refractivity contribution is 7.82. The van der Waals surface area contributed by atoms with Gasteiger partial charge in [0.2, 0.25) is 0 Å². The van der Waals surface area contributed by atoms with Gasteiger partial charge in [-0.05, 0) is 93.8 Å². The Morgan fingerprint density at radius 3 is 2.70 bits per heavy atom. The Balaban J connectivity index is 1.40. The molecule has 0 bridgehead atoms. The molecule has 0 aromatic carbocycles. The van der Waals surface area contributed by atoms with E-state index in [0.717, 1.165) is 54.5 Å². The van der Waals surface area contributed by atoms with Gasteiger partial charge in [-0.25, -0.2) is 13.5 Å². The predicted octanol–water partition coefficient (Wildman–Crippen LogP) is 3.22. The Morgan fingerprint density at radius 2 is 2.02 bits per heavy atom. The number of ether oxygens (including phenoxy) is 1. The lowest BCUT2D eigenvalue weighted by atomic mass is 9.59. The molecule has 3 atom stereocenters. The van der Waals surface area contributed by atoms with E-state index >= 15 is 0 Å². The summed E-state index contributed by atoms with van der Waals surface area (Å²) in [6.45, 7) is 3.39. The van der Waals surface area contributed by atoms with Crippen LogP contribution in [0, 0.1) is 12.3 Å². The van der Waals surface area contributed by atoms with Gasteiger partial charge in [-0.3, -0.25) is 19.5 Å². The van der Waals surface area contributed by atoms with Gasteiger partial charge in [0.15, 0.2) is 16.8 Å². The second-order valence-electron chi connectivity index (χ2n) is 11.5. The lowest BCUT2D eigenvalue weighted by Crippen LogP contribution is -2.50. The highest BCUT2D eigenvalue weighted by atomic mass is 32.2. The molecule has 2 aromatic rings. The number of carbonyl (C=O) groups is 1. The van der Waals surface area contributed by atoms with E-state index in [9.17, 15) is 9.00 Å². The zero-order valence-corrected chi connectivity index (χ0v) is 24.0. The largest absolute Gasteiger partial charge is 0.404 e. The third-order valence-corrected chi connectivity index (χ3v) is 10.0. The van der Waals surface area contributed by atoms with Crippen LogP contribution in [0.1, 0.15) is 67.4 Å². The van der Waals surface area contributed by atoms with E-state index in [1.165, 1.54) is 0 Å². The molecule has 1 saturated heterocycles. The minimum absolute atomic E-state index is 0.00546. The van der Waals surface area contributed by atoms with Crippen molar-refractivity contribution in [2.75, 3.05) is 13.2 Å². The molecule has 2 N–H and O–H groups in total. The monoisotopic (exact) mass is 563 g/mol. The van der Waals surface area contributed by atoms with E-state index in [1.54, 1.807) is 30.5 Å². The molecule has 3 fully saturated rings. The van der Waals surface area contributed by atoms with Crippen molar-refractivity contribution in [2.45, 2.75) is 81.6 Å². The van der Waals surface area contributed by atoms with Crippen LogP contribution in [0.25, 0.3) is 0 Å². The molecule has 3 unspecified atom stereocenters. The Morgan fingerprint density at radius 1 is 1.23 bits per heavy atom. The molecule has 3 aliphatic carbocycles. The average molecular weight is 564 g/mol. The summed E-state index contributed by atoms with van der Waals surface area (Å²) in [7, 11) is 0.265. The van der Waals surface area contributed by atoms with E-state index in [4.69, 9.17) is 15.5 Å². The normalized spacial score (nSPS) is 28.5. The molecule has 2 aromatic heterocycles. The van der Waals surface area contributed by atoms with Gasteiger partial charge in [0.05, 0.1) is 17.2 Å². The number of Topliss-reactive ketones (excluding diaryl/α,β-unsaturated/α-hetero) is 1. The van der Waals surface area contributed by atoms with Gasteiger partial charge in [0, 0.05) is 38.5 Å². The standard InChI is InChI=1S/C29H37N7O3S/c1-19-7-10-31-26(13-19)27(37)29-15-20(17-30)25(33-22-8-11-39-12-9-22)14-21(29)3-4-24(16-29)36(23-5-6-23)40(38)28-32-18-35(2)34-28/h7,10,13-14,17-18,22-24H,3-6,8-9,11-12,15-16,30H2,1-2H3/b20-17-,33-25?. The lowest BCUT2D eigenvalue weighted by Gasteiger charge is -2.47. The molecule has 212 valence electrons. The molecule has 0 radical (unpaired) electrons. The minimum atomic E-state index is -1.51. The Hall–Kier alpha value is -3.02. The highest BCUT2D eigenvalue weighted by Gasteiger charge is 2.53. The Bertz CT molecular complexity index is 1410. The van der Waals surface area contributed by atoms with Gasteiger partial charge in [-0.1, -0.05) is 5.57 Å². The van der Waals surface area contributed by atoms with Crippen LogP contribution in [-0.2, 0) is 22.8 Å². The molecule has 1 aliphatic heterocycles. The molecule has 40 heavy (non-hydrogen) atoms. The van der Waals surface area contributed by atoms with Gasteiger partial charge in [0.1, 0.15) is 12.0 Å². The molecule has 11 heteroatoms. The van der Waals surface area contributed by atoms with Gasteiger partial charge >= 0.3 is 0 Å². The topological polar surface area (TPSA) is 129 Å². The van der Waals surface area contributed by atoms with Crippen LogP contribution in [0.2, 0.25) is 0 Å². The first kappa shape index (κ1) is 27.2. The Kier molecular flexibility index (Phi) is 7.54. The summed E-state index contributed by atoms with van der Waals surface area (Å²) >= 11 is 0. The maximum absolute atomic E-state index is 14.5. The molecular formula is C29H37N7O3S. The maximum atomic E-state index is 14.5. The molecule has 6 rings (SSSR count). The molecular weight excluding hydrogens is 526 g/mol. The smallest absolute Gasteiger partial charge is 0.254 e. The lowest BCUT2D eigenvalue weighted by molar-refractivity contribution is 0.0736. The van der Waals surface area contributed by atoms with Crippen molar-refractivity contribution >= 4 is 22.5 Å². The summed E-state index contributed by atoms with van der Waals surface area (Å²) in [5.41, 5.74) is 9.66. The van der Waals surface area contributed by atoms with Crippen LogP contribution in [-0.4, -0.2) is 71.1 Å². The number of nitrogens with two attached hydrogens (primary N) is 1. The second kappa shape index (κ2) is 11.1. The number of aryl methyl sites for hydroxylation is 2. The minimum Gasteiger partial charge on any atom is -0.404 e. The summed E-state index contributed by atoms with van der Waals surface area (Å²) in [5.74, 6) is -0.00546. The van der Waals surface area contributed by atoms with Crippen molar-refractivity contribution < 1.29 is 13.7 Å². The summed E-state index contributed by atoms with van der Waals surface area (Å²) in [6, 6.07) is 4.08. The van der Waals surface area contributed by atoms with E-state index in [2.05, 4.69) is 25.4 Å². The number of aromatic nitrogens is 4. The van der Waals surface area contributed by atoms with Crippen LogP contribution in [0.3, 0.4) is 0 Å². The molecule has 0 amide bonds. The zero-order chi connectivity index (χ0) is 27.9. The first-order chi connectivity index (χ1) is 19.4. The van der Waals surface area contributed by atoms with Crippen molar-refractivity contribution in [3.8, 4) is 0 Å². The summed E-state index contributed by atoms with van der Waals surface area (Å²) in [5, 5.41) is 4.66. The summed E-state index contributed by atoms with van der Waals surface area (Å²) < 4.78 is 23.0. The summed E-state index contributed by atoms with van der Waals surface area (Å²) in [4.78, 5) is 28.4. The van der Waals surface area contributed by atoms with E-state index < -0.39 is 16.4 Å². The SMILES string of the molecule is Cc1ccnc(C(=O)C23C/C(=C/N)C(=NC4CCOCC4)C=C2CCC(N(C2CC2)S(=O)c2ncn(C)n2)C3)c1. The fourth-order valence-electron chi connectivity index (χ4n) is 6.37. The summed E-state index contributed by atoms with van der Waals surface area (Å²) in [6.07, 6.45) is 13.2. The van der Waals surface area contributed by atoms with Crippen molar-refractivity contribution in [1.29, 1.82) is 0 Å². The average Bonchev–Trinajstić information content (AvgIpc) is 3.70. The Labute approximate surface area is 237 Å². The number of nitrogens with zero attached hydrogens (tertiary/aromatic N) is 6. The third kappa shape index (κ3) is 5.22. The van der Waals surface area contributed by atoms with E-state index in [0.29, 0.717) is 43.3 Å². The number of aliphatic imine (C=N–C) groups is 1. The van der Waals surface area contributed by atoms with Gasteiger partial charge in [0.25, 0.3) is 5.16 Å². The van der Waals surface area contributed by atoms with E-state index in [1.807, 2.05) is 19.1 Å². The highest BCUT2D eigenvalue weighted by Crippen LogP contribution is 2.52. The molecule has 2 saturated carbocycles. The molecule has 4 aliphatic rings. The predicted molar refractivity (Wildman–Crippen MR) is 152 cm³/mol. The molecule has 0 spiro atoms. The quantitative estimate of drug-likeness (QED) is 0.512. The number of rotatable bonds is 7. The van der Waals surface area contributed by atoms with Crippen LogP contribution in [0.5, 0.6) is 0 Å². The first-order valence-electron chi connectivity index (χ1n) is 14.2. The number of hydrogen-bond acceptors (Lipinski definition) is 8. The van der Waals surface area contributed by atoms with Crippen LogP contribution in [0.4, 0.5) is 0 Å². The van der Waals surface area contributed by atoms with Crippen molar-refractivity contribution in [3.05, 3.63) is 59.3 Å². The number of carbonyl (C=O) groups excluding carboxylic acids is 1. The number of fused-ring (bicyclic) bond motifs is 1. The zero-order valence-electron chi connectivity index (χ0n) is 23.2. The van der Waals surface area contributed by atoms with Crippen molar-refractivity contribution in [1.82, 2.24) is 24.1 Å². The van der Waals surface area contributed by atoms with Gasteiger partial charge in [-0.15, -0.1) is 5.10 Å². The van der Waals surface area contributed by atoms with E-state index in [-0.39, 0.29) is 23.9 Å². The second-order valence-corrected chi connectivity index (χ2v) is 12.7.